The van der Waals surface area contributed by atoms with Crippen LogP contribution in [0.5, 0.6) is 0 Å². The van der Waals surface area contributed by atoms with Crippen molar-refractivity contribution in [3.05, 3.63) is 84.4 Å². The number of thiocarbonyl (C=S) groups is 1. The van der Waals surface area contributed by atoms with Crippen LogP contribution in [0.4, 0.5) is 0 Å². The van der Waals surface area contributed by atoms with Crippen LogP contribution in [-0.2, 0) is 6.54 Å². The molecule has 0 aliphatic rings. The van der Waals surface area contributed by atoms with Gasteiger partial charge in [-0.15, -0.1) is 6.58 Å². The van der Waals surface area contributed by atoms with Gasteiger partial charge >= 0.3 is 0 Å². The second-order valence-corrected chi connectivity index (χ2v) is 5.56. The molecule has 0 aliphatic heterocycles. The average molecular weight is 310 g/mol. The summed E-state index contributed by atoms with van der Waals surface area (Å²) in [5.74, 6) is 0. The predicted octanol–water partition coefficient (Wildman–Crippen LogP) is 4.31. The Kier molecular flexibility index (Phi) is 6.16. The third-order valence-corrected chi connectivity index (χ3v) is 3.98. The maximum atomic E-state index is 5.58. The van der Waals surface area contributed by atoms with Gasteiger partial charge in [0.05, 0.1) is 6.04 Å². The topological polar surface area (TPSA) is 15.3 Å². The van der Waals surface area contributed by atoms with Crippen molar-refractivity contribution in [1.29, 1.82) is 0 Å². The first-order chi connectivity index (χ1) is 10.7. The highest BCUT2D eigenvalue weighted by Gasteiger charge is 2.18. The monoisotopic (exact) mass is 310 g/mol. The summed E-state index contributed by atoms with van der Waals surface area (Å²) in [6, 6.07) is 21.0. The molecule has 2 nitrogen and oxygen atoms in total. The largest absolute Gasteiger partial charge is 0.359 e. The number of hydrogen-bond acceptors (Lipinski definition) is 1. The van der Waals surface area contributed by atoms with Crippen molar-refractivity contribution in [3.63, 3.8) is 0 Å². The standard InChI is InChI=1S/C19H22N2S/c1-3-14-20-19(22)21(15-17-10-6-4-7-11-17)16(2)18-12-8-5-9-13-18/h3-13,16H,1,14-15H2,2H3,(H,20,22). The lowest BCUT2D eigenvalue weighted by Crippen LogP contribution is -2.40. The summed E-state index contributed by atoms with van der Waals surface area (Å²) in [5, 5.41) is 3.99. The van der Waals surface area contributed by atoms with E-state index in [0.29, 0.717) is 6.54 Å². The SMILES string of the molecule is C=CCNC(=S)N(Cc1ccccc1)C(C)c1ccccc1. The zero-order valence-corrected chi connectivity index (χ0v) is 13.7. The molecule has 0 heterocycles. The van der Waals surface area contributed by atoms with Gasteiger partial charge in [-0.2, -0.15) is 0 Å². The fraction of sp³-hybridized carbons (Fsp3) is 0.211. The van der Waals surface area contributed by atoms with Crippen LogP contribution in [0, 0.1) is 0 Å². The molecule has 0 aliphatic carbocycles. The quantitative estimate of drug-likeness (QED) is 0.632. The third kappa shape index (κ3) is 4.43. The maximum Gasteiger partial charge on any atom is 0.169 e. The normalized spacial score (nSPS) is 11.5. The van der Waals surface area contributed by atoms with E-state index in [4.69, 9.17) is 12.2 Å². The highest BCUT2D eigenvalue weighted by atomic mass is 32.1. The van der Waals surface area contributed by atoms with E-state index in [1.807, 2.05) is 18.2 Å². The van der Waals surface area contributed by atoms with E-state index < -0.39 is 0 Å². The molecule has 0 amide bonds. The van der Waals surface area contributed by atoms with Gasteiger partial charge < -0.3 is 10.2 Å². The van der Waals surface area contributed by atoms with Gasteiger partial charge in [0, 0.05) is 13.1 Å². The number of rotatable bonds is 6. The zero-order chi connectivity index (χ0) is 15.8. The average Bonchev–Trinajstić information content (AvgIpc) is 2.58. The van der Waals surface area contributed by atoms with Crippen LogP contribution in [0.1, 0.15) is 24.1 Å². The lowest BCUT2D eigenvalue weighted by atomic mass is 10.1. The van der Waals surface area contributed by atoms with Crippen molar-refractivity contribution in [2.45, 2.75) is 19.5 Å². The molecular weight excluding hydrogens is 288 g/mol. The van der Waals surface area contributed by atoms with Crippen LogP contribution in [0.2, 0.25) is 0 Å². The molecule has 0 bridgehead atoms. The van der Waals surface area contributed by atoms with E-state index in [-0.39, 0.29) is 6.04 Å². The van der Waals surface area contributed by atoms with Crippen LogP contribution >= 0.6 is 12.2 Å². The fourth-order valence-electron chi connectivity index (χ4n) is 2.34. The molecule has 2 rings (SSSR count). The van der Waals surface area contributed by atoms with Gasteiger partial charge in [0.25, 0.3) is 0 Å². The molecule has 0 spiro atoms. The molecule has 2 aromatic rings. The van der Waals surface area contributed by atoms with E-state index in [1.54, 1.807) is 0 Å². The van der Waals surface area contributed by atoms with Crippen molar-refractivity contribution >= 4 is 17.3 Å². The minimum Gasteiger partial charge on any atom is -0.359 e. The van der Waals surface area contributed by atoms with Crippen molar-refractivity contribution in [2.75, 3.05) is 6.54 Å². The molecule has 0 aromatic heterocycles. The lowest BCUT2D eigenvalue weighted by molar-refractivity contribution is 0.325. The van der Waals surface area contributed by atoms with Gasteiger partial charge in [0.2, 0.25) is 0 Å². The van der Waals surface area contributed by atoms with Crippen LogP contribution in [0.25, 0.3) is 0 Å². The Morgan fingerprint density at radius 2 is 1.73 bits per heavy atom. The minimum atomic E-state index is 0.200. The van der Waals surface area contributed by atoms with E-state index in [2.05, 4.69) is 72.3 Å². The van der Waals surface area contributed by atoms with Gasteiger partial charge in [-0.05, 0) is 30.3 Å². The highest BCUT2D eigenvalue weighted by molar-refractivity contribution is 7.80. The van der Waals surface area contributed by atoms with Crippen LogP contribution in [-0.4, -0.2) is 16.6 Å². The molecule has 22 heavy (non-hydrogen) atoms. The van der Waals surface area contributed by atoms with E-state index in [0.717, 1.165) is 11.7 Å². The Bertz CT molecular complexity index is 595. The van der Waals surface area contributed by atoms with Gasteiger partial charge in [0.15, 0.2) is 5.11 Å². The van der Waals surface area contributed by atoms with E-state index in [1.165, 1.54) is 11.1 Å². The zero-order valence-electron chi connectivity index (χ0n) is 12.9. The molecule has 3 heteroatoms. The Morgan fingerprint density at radius 3 is 2.32 bits per heavy atom. The molecule has 2 aromatic carbocycles. The molecule has 1 N–H and O–H groups in total. The smallest absolute Gasteiger partial charge is 0.169 e. The Labute approximate surface area is 138 Å². The minimum absolute atomic E-state index is 0.200. The lowest BCUT2D eigenvalue weighted by Gasteiger charge is -2.32. The molecule has 0 saturated heterocycles. The van der Waals surface area contributed by atoms with Gasteiger partial charge in [-0.3, -0.25) is 0 Å². The summed E-state index contributed by atoms with van der Waals surface area (Å²) in [5.41, 5.74) is 2.49. The molecule has 0 radical (unpaired) electrons. The van der Waals surface area contributed by atoms with Crippen molar-refractivity contribution < 1.29 is 0 Å². The summed E-state index contributed by atoms with van der Waals surface area (Å²) in [4.78, 5) is 2.21. The Hall–Kier alpha value is -2.13. The van der Waals surface area contributed by atoms with Crippen LogP contribution < -0.4 is 5.32 Å². The maximum absolute atomic E-state index is 5.58. The first-order valence-corrected chi connectivity index (χ1v) is 7.87. The first-order valence-electron chi connectivity index (χ1n) is 7.46. The number of benzene rings is 2. The van der Waals surface area contributed by atoms with E-state index >= 15 is 0 Å². The molecular formula is C19H22N2S. The fourth-order valence-corrected chi connectivity index (χ4v) is 2.64. The van der Waals surface area contributed by atoms with Crippen molar-refractivity contribution in [2.24, 2.45) is 0 Å². The first kappa shape index (κ1) is 16.2. The summed E-state index contributed by atoms with van der Waals surface area (Å²) in [6.45, 7) is 7.37. The highest BCUT2D eigenvalue weighted by Crippen LogP contribution is 2.22. The number of nitrogens with one attached hydrogen (secondary N) is 1. The van der Waals surface area contributed by atoms with Gasteiger partial charge in [-0.25, -0.2) is 0 Å². The number of hydrogen-bond donors (Lipinski definition) is 1. The summed E-state index contributed by atoms with van der Waals surface area (Å²) < 4.78 is 0. The second kappa shape index (κ2) is 8.35. The molecule has 1 unspecified atom stereocenters. The summed E-state index contributed by atoms with van der Waals surface area (Å²) in [7, 11) is 0. The molecule has 114 valence electrons. The Morgan fingerprint density at radius 1 is 1.14 bits per heavy atom. The van der Waals surface area contributed by atoms with Crippen LogP contribution in [0.3, 0.4) is 0 Å². The molecule has 1 atom stereocenters. The van der Waals surface area contributed by atoms with Gasteiger partial charge in [0.1, 0.15) is 0 Å². The molecule has 0 saturated carbocycles. The summed E-state index contributed by atoms with van der Waals surface area (Å²) >= 11 is 5.58. The second-order valence-electron chi connectivity index (χ2n) is 5.17. The molecule has 0 fully saturated rings. The summed E-state index contributed by atoms with van der Waals surface area (Å²) in [6.07, 6.45) is 1.82. The predicted molar refractivity (Wildman–Crippen MR) is 97.6 cm³/mol. The number of nitrogens with zero attached hydrogens (tertiary/aromatic N) is 1. The Balaban J connectivity index is 2.20. The third-order valence-electron chi connectivity index (χ3n) is 3.60. The van der Waals surface area contributed by atoms with Crippen LogP contribution in [0.15, 0.2) is 73.3 Å². The van der Waals surface area contributed by atoms with Crippen molar-refractivity contribution in [1.82, 2.24) is 10.2 Å². The van der Waals surface area contributed by atoms with E-state index in [9.17, 15) is 0 Å². The van der Waals surface area contributed by atoms with Gasteiger partial charge in [-0.1, -0.05) is 66.7 Å². The van der Waals surface area contributed by atoms with Crippen molar-refractivity contribution in [3.8, 4) is 0 Å².